The Morgan fingerprint density at radius 1 is 0.894 bits per heavy atom. The monoisotopic (exact) mass is 810 g/mol. The minimum Gasteiger partial charge on any atom is -0.512 e. The first-order valence-corrected chi connectivity index (χ1v) is 17.3. The molecule has 4 nitrogen and oxygen atoms in total. The fourth-order valence-corrected chi connectivity index (χ4v) is 6.37. The molecule has 2 heterocycles. The van der Waals surface area contributed by atoms with E-state index in [2.05, 4.69) is 83.1 Å². The van der Waals surface area contributed by atoms with Crippen LogP contribution in [0.3, 0.4) is 0 Å². The molecule has 1 aliphatic rings. The first-order valence-electron chi connectivity index (χ1n) is 17.3. The van der Waals surface area contributed by atoms with Crippen molar-refractivity contribution in [1.82, 2.24) is 9.97 Å². The second-order valence-electron chi connectivity index (χ2n) is 14.0. The van der Waals surface area contributed by atoms with Crippen LogP contribution in [-0.4, -0.2) is 20.9 Å². The standard InChI is InChI=1S/C29H29N2.C13H24O2.Ir/c1-18(2)23-13-20-10-11-21-16-30-27(15-25(21)28(20)31-17-23)22-12-19-8-6-7-9-24(19)26(14-22)29(3,4)5;1-5-10(6-2)12(14)9-13(15)11(7-3)8-4;/h6-9,13-18H,10-11H2,1-5H3;9-11,14H,5-8H2,1-4H3;/q-1;;/b;12-9-;. The second-order valence-corrected chi connectivity index (χ2v) is 14.0. The van der Waals surface area contributed by atoms with Crippen LogP contribution >= 0.6 is 0 Å². The van der Waals surface area contributed by atoms with Crippen molar-refractivity contribution >= 4 is 16.6 Å². The Hall–Kier alpha value is -3.14. The van der Waals surface area contributed by atoms with Crippen molar-refractivity contribution in [2.24, 2.45) is 11.8 Å². The van der Waals surface area contributed by atoms with Gasteiger partial charge in [0, 0.05) is 56.1 Å². The van der Waals surface area contributed by atoms with E-state index in [1.54, 1.807) is 0 Å². The number of aryl methyl sites for hydroxylation is 2. The van der Waals surface area contributed by atoms with Gasteiger partial charge in [-0.2, -0.15) is 0 Å². The van der Waals surface area contributed by atoms with E-state index in [1.165, 1.54) is 39.3 Å². The largest absolute Gasteiger partial charge is 0.512 e. The van der Waals surface area contributed by atoms with Gasteiger partial charge in [0.05, 0.1) is 11.5 Å². The summed E-state index contributed by atoms with van der Waals surface area (Å²) >= 11 is 0. The number of hydrogen-bond donors (Lipinski definition) is 1. The number of rotatable bonds is 9. The van der Waals surface area contributed by atoms with Crippen molar-refractivity contribution in [2.45, 2.75) is 112 Å². The number of benzene rings is 2. The molecular formula is C42H53IrN2O2-. The fourth-order valence-electron chi connectivity index (χ4n) is 6.37. The summed E-state index contributed by atoms with van der Waals surface area (Å²) in [5.41, 5.74) is 9.69. The maximum atomic E-state index is 11.7. The van der Waals surface area contributed by atoms with E-state index in [1.807, 2.05) is 40.1 Å². The Balaban J connectivity index is 0.000000322. The van der Waals surface area contributed by atoms with Crippen molar-refractivity contribution in [3.8, 4) is 22.5 Å². The summed E-state index contributed by atoms with van der Waals surface area (Å²) < 4.78 is 0. The molecule has 0 saturated carbocycles. The molecule has 1 radical (unpaired) electrons. The van der Waals surface area contributed by atoms with Crippen molar-refractivity contribution in [2.75, 3.05) is 0 Å². The molecule has 253 valence electrons. The molecule has 1 N–H and O–H groups in total. The predicted molar refractivity (Wildman–Crippen MR) is 193 cm³/mol. The summed E-state index contributed by atoms with van der Waals surface area (Å²) in [6.07, 6.45) is 11.0. The quantitative estimate of drug-likeness (QED) is 0.104. The van der Waals surface area contributed by atoms with Crippen molar-refractivity contribution in [1.29, 1.82) is 0 Å². The molecule has 0 spiro atoms. The Kier molecular flexibility index (Phi) is 13.7. The summed E-state index contributed by atoms with van der Waals surface area (Å²) in [4.78, 5) is 21.5. The van der Waals surface area contributed by atoms with Gasteiger partial charge in [0.2, 0.25) is 0 Å². The predicted octanol–water partition coefficient (Wildman–Crippen LogP) is 11.2. The Labute approximate surface area is 296 Å². The number of ketones is 1. The van der Waals surface area contributed by atoms with Gasteiger partial charge in [-0.15, -0.1) is 29.1 Å². The molecule has 0 unspecified atom stereocenters. The Morgan fingerprint density at radius 2 is 1.53 bits per heavy atom. The zero-order valence-electron chi connectivity index (χ0n) is 29.8. The van der Waals surface area contributed by atoms with E-state index < -0.39 is 0 Å². The zero-order chi connectivity index (χ0) is 33.6. The average Bonchev–Trinajstić information content (AvgIpc) is 3.04. The number of pyridine rings is 2. The number of aliphatic hydroxyl groups is 1. The molecule has 0 fully saturated rings. The average molecular weight is 810 g/mol. The van der Waals surface area contributed by atoms with Crippen LogP contribution in [0, 0.1) is 17.9 Å². The molecular weight excluding hydrogens is 757 g/mol. The van der Waals surface area contributed by atoms with Gasteiger partial charge in [-0.05, 0) is 72.1 Å². The van der Waals surface area contributed by atoms with Gasteiger partial charge in [-0.25, -0.2) is 0 Å². The molecule has 0 aliphatic heterocycles. The van der Waals surface area contributed by atoms with Gasteiger partial charge in [0.15, 0.2) is 5.78 Å². The van der Waals surface area contributed by atoms with Gasteiger partial charge in [-0.1, -0.05) is 104 Å². The SMILES string of the molecule is CC(C)c1cnc2c(c1)CCc1cnc(-c3[c-]c4ccccc4c(C(C)(C)C)c3)cc1-2.CCC(CC)C(=O)/C=C(\O)C(CC)CC.[Ir]. The summed E-state index contributed by atoms with van der Waals surface area (Å²) in [6, 6.07) is 19.0. The third-order valence-corrected chi connectivity index (χ3v) is 9.50. The van der Waals surface area contributed by atoms with Crippen molar-refractivity contribution in [3.63, 3.8) is 0 Å². The smallest absolute Gasteiger partial charge is 0.162 e. The Bertz CT molecular complexity index is 1690. The first kappa shape index (κ1) is 38.3. The number of aromatic nitrogens is 2. The third-order valence-electron chi connectivity index (χ3n) is 9.50. The summed E-state index contributed by atoms with van der Waals surface area (Å²) in [6.45, 7) is 19.3. The summed E-state index contributed by atoms with van der Waals surface area (Å²) in [5, 5.41) is 12.2. The number of allylic oxidation sites excluding steroid dienone is 2. The minimum atomic E-state index is 0. The van der Waals surface area contributed by atoms with Crippen LogP contribution in [0.4, 0.5) is 0 Å². The van der Waals surface area contributed by atoms with Gasteiger partial charge >= 0.3 is 0 Å². The summed E-state index contributed by atoms with van der Waals surface area (Å²) in [7, 11) is 0. The van der Waals surface area contributed by atoms with Crippen LogP contribution in [0.2, 0.25) is 0 Å². The summed E-state index contributed by atoms with van der Waals surface area (Å²) in [5.74, 6) is 1.04. The Morgan fingerprint density at radius 3 is 2.15 bits per heavy atom. The van der Waals surface area contributed by atoms with Crippen LogP contribution in [0.15, 0.2) is 66.7 Å². The molecule has 0 bridgehead atoms. The number of carbonyl (C=O) groups is 1. The van der Waals surface area contributed by atoms with E-state index >= 15 is 0 Å². The molecule has 0 saturated heterocycles. The van der Waals surface area contributed by atoms with Gasteiger partial charge in [-0.3, -0.25) is 14.8 Å². The van der Waals surface area contributed by atoms with Crippen LogP contribution in [0.1, 0.15) is 116 Å². The molecule has 2 aromatic carbocycles. The number of carbonyl (C=O) groups excluding carboxylic acids is 1. The maximum absolute atomic E-state index is 11.7. The number of hydrogen-bond acceptors (Lipinski definition) is 4. The molecule has 5 rings (SSSR count). The van der Waals surface area contributed by atoms with Crippen LogP contribution < -0.4 is 0 Å². The second kappa shape index (κ2) is 16.8. The van der Waals surface area contributed by atoms with Gasteiger partial charge in [0.1, 0.15) is 0 Å². The van der Waals surface area contributed by atoms with E-state index in [0.29, 0.717) is 5.92 Å². The third kappa shape index (κ3) is 9.06. The fraction of sp³-hybridized carbons (Fsp3) is 0.452. The topological polar surface area (TPSA) is 63.1 Å². The van der Waals surface area contributed by atoms with Crippen LogP contribution in [-0.2, 0) is 43.2 Å². The van der Waals surface area contributed by atoms with E-state index in [0.717, 1.165) is 60.9 Å². The van der Waals surface area contributed by atoms with E-state index in [-0.39, 0.29) is 48.9 Å². The number of nitrogens with zero attached hydrogens (tertiary/aromatic N) is 2. The van der Waals surface area contributed by atoms with Gasteiger partial charge < -0.3 is 5.11 Å². The van der Waals surface area contributed by atoms with Crippen molar-refractivity contribution in [3.05, 3.63) is 95.0 Å². The first-order chi connectivity index (χ1) is 21.9. The normalized spacial score (nSPS) is 12.8. The molecule has 0 atom stereocenters. The minimum absolute atomic E-state index is 0. The molecule has 1 aliphatic carbocycles. The number of aliphatic hydroxyl groups excluding tert-OH is 1. The van der Waals surface area contributed by atoms with Crippen molar-refractivity contribution < 1.29 is 30.0 Å². The van der Waals surface area contributed by atoms with Gasteiger partial charge in [0.25, 0.3) is 0 Å². The van der Waals surface area contributed by atoms with Crippen LogP contribution in [0.5, 0.6) is 0 Å². The molecule has 47 heavy (non-hydrogen) atoms. The number of fused-ring (bicyclic) bond motifs is 4. The molecule has 0 amide bonds. The maximum Gasteiger partial charge on any atom is 0.162 e. The van der Waals surface area contributed by atoms with Crippen LogP contribution in [0.25, 0.3) is 33.3 Å². The molecule has 2 aromatic heterocycles. The zero-order valence-corrected chi connectivity index (χ0v) is 32.2. The molecule has 5 heteroatoms. The van der Waals surface area contributed by atoms with E-state index in [9.17, 15) is 9.90 Å². The van der Waals surface area contributed by atoms with E-state index in [4.69, 9.17) is 9.97 Å². The molecule has 4 aromatic rings.